The fourth-order valence-corrected chi connectivity index (χ4v) is 3.93. The van der Waals surface area contributed by atoms with Crippen LogP contribution < -0.4 is 5.32 Å². The summed E-state index contributed by atoms with van der Waals surface area (Å²) in [6.07, 6.45) is 2.27. The van der Waals surface area contributed by atoms with E-state index in [-0.39, 0.29) is 23.4 Å². The average molecular weight is 419 g/mol. The molecule has 2 heterocycles. The molecule has 1 aliphatic rings. The van der Waals surface area contributed by atoms with Gasteiger partial charge < -0.3 is 5.32 Å². The maximum atomic E-state index is 14.3. The SMILES string of the molecule is CN1CC[C@@H](Nc2ncnc3c(F)c(Br)ccc23)[C@@H]1c1ccc(F)cc1. The summed E-state index contributed by atoms with van der Waals surface area (Å²) in [5.74, 6) is -0.0397. The number of benzene rings is 2. The summed E-state index contributed by atoms with van der Waals surface area (Å²) in [4.78, 5) is 10.6. The minimum atomic E-state index is -0.397. The third-order valence-electron chi connectivity index (χ3n) is 4.88. The number of fused-ring (bicyclic) bond motifs is 1. The van der Waals surface area contributed by atoms with Crippen molar-refractivity contribution in [2.75, 3.05) is 18.9 Å². The first-order valence-corrected chi connectivity index (χ1v) is 9.15. The van der Waals surface area contributed by atoms with Gasteiger partial charge in [0.15, 0.2) is 5.82 Å². The second-order valence-electron chi connectivity index (χ2n) is 6.50. The average Bonchev–Trinajstić information content (AvgIpc) is 3.00. The first kappa shape index (κ1) is 17.3. The van der Waals surface area contributed by atoms with Gasteiger partial charge in [0.25, 0.3) is 0 Å². The second-order valence-corrected chi connectivity index (χ2v) is 7.35. The van der Waals surface area contributed by atoms with E-state index in [0.717, 1.165) is 18.5 Å². The number of likely N-dealkylation sites (N-methyl/N-ethyl adjacent to an activating group) is 1. The molecular weight excluding hydrogens is 402 g/mol. The number of rotatable bonds is 3. The van der Waals surface area contributed by atoms with Crippen LogP contribution in [0.3, 0.4) is 0 Å². The Morgan fingerprint density at radius 1 is 1.12 bits per heavy atom. The molecule has 26 heavy (non-hydrogen) atoms. The summed E-state index contributed by atoms with van der Waals surface area (Å²) in [5, 5.41) is 4.10. The van der Waals surface area contributed by atoms with Gasteiger partial charge in [-0.1, -0.05) is 12.1 Å². The van der Waals surface area contributed by atoms with Crippen molar-refractivity contribution in [3.8, 4) is 0 Å². The minimum Gasteiger partial charge on any atom is -0.365 e. The van der Waals surface area contributed by atoms with Crippen molar-refractivity contribution in [1.29, 1.82) is 0 Å². The van der Waals surface area contributed by atoms with Gasteiger partial charge in [0.2, 0.25) is 0 Å². The third-order valence-corrected chi connectivity index (χ3v) is 5.49. The minimum absolute atomic E-state index is 0.0790. The highest BCUT2D eigenvalue weighted by atomic mass is 79.9. The Bertz CT molecular complexity index is 948. The van der Waals surface area contributed by atoms with Crippen LogP contribution in [0.5, 0.6) is 0 Å². The maximum absolute atomic E-state index is 14.3. The van der Waals surface area contributed by atoms with Gasteiger partial charge in [0, 0.05) is 18.0 Å². The van der Waals surface area contributed by atoms with Crippen LogP contribution in [-0.2, 0) is 0 Å². The molecule has 1 fully saturated rings. The predicted molar refractivity (Wildman–Crippen MR) is 101 cm³/mol. The second kappa shape index (κ2) is 6.89. The molecule has 1 aromatic heterocycles. The lowest BCUT2D eigenvalue weighted by Crippen LogP contribution is -2.29. The van der Waals surface area contributed by atoms with Gasteiger partial charge in [-0.3, -0.25) is 4.90 Å². The van der Waals surface area contributed by atoms with Crippen molar-refractivity contribution in [2.24, 2.45) is 0 Å². The van der Waals surface area contributed by atoms with Crippen molar-refractivity contribution in [2.45, 2.75) is 18.5 Å². The molecule has 4 nitrogen and oxygen atoms in total. The molecule has 0 amide bonds. The van der Waals surface area contributed by atoms with Gasteiger partial charge in [-0.2, -0.15) is 0 Å². The first-order valence-electron chi connectivity index (χ1n) is 8.35. The van der Waals surface area contributed by atoms with Gasteiger partial charge in [-0.25, -0.2) is 18.7 Å². The van der Waals surface area contributed by atoms with Crippen LogP contribution in [0.2, 0.25) is 0 Å². The van der Waals surface area contributed by atoms with E-state index in [1.54, 1.807) is 12.1 Å². The van der Waals surface area contributed by atoms with E-state index < -0.39 is 5.82 Å². The van der Waals surface area contributed by atoms with Crippen LogP contribution in [0.1, 0.15) is 18.0 Å². The molecule has 3 aromatic rings. The Hall–Kier alpha value is -2.12. The van der Waals surface area contributed by atoms with E-state index in [9.17, 15) is 8.78 Å². The molecule has 1 saturated heterocycles. The largest absolute Gasteiger partial charge is 0.365 e. The monoisotopic (exact) mass is 418 g/mol. The van der Waals surface area contributed by atoms with Crippen LogP contribution in [0.4, 0.5) is 14.6 Å². The summed E-state index contributed by atoms with van der Waals surface area (Å²) in [6.45, 7) is 0.905. The normalized spacial score (nSPS) is 20.6. The molecule has 0 spiro atoms. The summed E-state index contributed by atoms with van der Waals surface area (Å²) in [7, 11) is 2.05. The third kappa shape index (κ3) is 3.05. The van der Waals surface area contributed by atoms with Crippen molar-refractivity contribution < 1.29 is 8.78 Å². The number of aromatic nitrogens is 2. The van der Waals surface area contributed by atoms with Crippen molar-refractivity contribution >= 4 is 32.7 Å². The molecule has 0 bridgehead atoms. The van der Waals surface area contributed by atoms with Gasteiger partial charge in [-0.05, 0) is 59.2 Å². The quantitative estimate of drug-likeness (QED) is 0.678. The zero-order valence-electron chi connectivity index (χ0n) is 14.1. The molecule has 0 radical (unpaired) electrons. The van der Waals surface area contributed by atoms with Gasteiger partial charge in [0.05, 0.1) is 10.5 Å². The fraction of sp³-hybridized carbons (Fsp3) is 0.263. The number of nitrogens with one attached hydrogen (secondary N) is 1. The number of likely N-dealkylation sites (tertiary alicyclic amines) is 1. The zero-order valence-corrected chi connectivity index (χ0v) is 15.7. The Morgan fingerprint density at radius 3 is 2.65 bits per heavy atom. The first-order chi connectivity index (χ1) is 12.5. The molecule has 7 heteroatoms. The summed E-state index contributed by atoms with van der Waals surface area (Å²) in [6, 6.07) is 10.2. The summed E-state index contributed by atoms with van der Waals surface area (Å²) < 4.78 is 28.0. The Kier molecular flexibility index (Phi) is 4.58. The molecule has 134 valence electrons. The molecule has 2 atom stereocenters. The van der Waals surface area contributed by atoms with Gasteiger partial charge >= 0.3 is 0 Å². The number of hydrogen-bond acceptors (Lipinski definition) is 4. The van der Waals surface area contributed by atoms with Crippen LogP contribution in [0.25, 0.3) is 10.9 Å². The van der Waals surface area contributed by atoms with E-state index in [0.29, 0.717) is 15.7 Å². The molecule has 0 aliphatic carbocycles. The van der Waals surface area contributed by atoms with E-state index in [1.165, 1.54) is 18.5 Å². The molecule has 0 saturated carbocycles. The Morgan fingerprint density at radius 2 is 1.88 bits per heavy atom. The van der Waals surface area contributed by atoms with Crippen molar-refractivity contribution in [1.82, 2.24) is 14.9 Å². The van der Waals surface area contributed by atoms with Crippen molar-refractivity contribution in [3.63, 3.8) is 0 Å². The maximum Gasteiger partial charge on any atom is 0.163 e. The molecule has 1 N–H and O–H groups in total. The topological polar surface area (TPSA) is 41.0 Å². The number of hydrogen-bond donors (Lipinski definition) is 1. The molecule has 1 aliphatic heterocycles. The van der Waals surface area contributed by atoms with Crippen LogP contribution >= 0.6 is 15.9 Å². The van der Waals surface area contributed by atoms with Crippen molar-refractivity contribution in [3.05, 3.63) is 64.4 Å². The van der Waals surface area contributed by atoms with Gasteiger partial charge in [0.1, 0.15) is 23.5 Å². The lowest BCUT2D eigenvalue weighted by molar-refractivity contribution is 0.309. The van der Waals surface area contributed by atoms with E-state index in [1.807, 2.05) is 19.2 Å². The molecule has 4 rings (SSSR count). The zero-order chi connectivity index (χ0) is 18.3. The smallest absolute Gasteiger partial charge is 0.163 e. The molecular formula is C19H17BrF2N4. The Balaban J connectivity index is 1.69. The van der Waals surface area contributed by atoms with E-state index in [4.69, 9.17) is 0 Å². The lowest BCUT2D eigenvalue weighted by atomic mass is 10.00. The Labute approximate surface area is 158 Å². The molecule has 2 aromatic carbocycles. The van der Waals surface area contributed by atoms with Crippen LogP contribution in [-0.4, -0.2) is 34.5 Å². The van der Waals surface area contributed by atoms with E-state index >= 15 is 0 Å². The number of nitrogens with zero attached hydrogens (tertiary/aromatic N) is 3. The van der Waals surface area contributed by atoms with E-state index in [2.05, 4.69) is 36.1 Å². The fourth-order valence-electron chi connectivity index (χ4n) is 3.61. The van der Waals surface area contributed by atoms with Gasteiger partial charge in [-0.15, -0.1) is 0 Å². The lowest BCUT2D eigenvalue weighted by Gasteiger charge is -2.27. The number of halogens is 3. The highest BCUT2D eigenvalue weighted by Crippen LogP contribution is 2.34. The highest BCUT2D eigenvalue weighted by molar-refractivity contribution is 9.10. The van der Waals surface area contributed by atoms with Crippen LogP contribution in [0, 0.1) is 11.6 Å². The predicted octanol–water partition coefficient (Wildman–Crippen LogP) is 4.53. The van der Waals surface area contributed by atoms with Crippen LogP contribution in [0.15, 0.2) is 47.2 Å². The number of anilines is 1. The standard InChI is InChI=1S/C19H17BrF2N4/c1-26-9-8-15(18(26)11-2-4-12(21)5-3-11)25-19-13-6-7-14(20)16(22)17(13)23-10-24-19/h2-7,10,15,18H,8-9H2,1H3,(H,23,24,25)/t15-,18+/m1/s1. The highest BCUT2D eigenvalue weighted by Gasteiger charge is 2.33. The molecule has 0 unspecified atom stereocenters. The summed E-state index contributed by atoms with van der Waals surface area (Å²) in [5.41, 5.74) is 1.32. The summed E-state index contributed by atoms with van der Waals surface area (Å²) >= 11 is 3.19.